The Kier molecular flexibility index (Phi) is 4.20. The van der Waals surface area contributed by atoms with Gasteiger partial charge in [-0.3, -0.25) is 4.79 Å². The third kappa shape index (κ3) is 2.96. The summed E-state index contributed by atoms with van der Waals surface area (Å²) in [4.78, 5) is 12.6. The lowest BCUT2D eigenvalue weighted by Gasteiger charge is -2.21. The van der Waals surface area contributed by atoms with E-state index < -0.39 is 0 Å². The first kappa shape index (κ1) is 16.4. The van der Waals surface area contributed by atoms with Crippen LogP contribution in [0, 0.1) is 0 Å². The monoisotopic (exact) mass is 352 g/mol. The summed E-state index contributed by atoms with van der Waals surface area (Å²) < 4.78 is 12.9. The van der Waals surface area contributed by atoms with Gasteiger partial charge in [0.15, 0.2) is 11.5 Å². The highest BCUT2D eigenvalue weighted by Crippen LogP contribution is 2.32. The summed E-state index contributed by atoms with van der Waals surface area (Å²) in [5.41, 5.74) is 3.15. The van der Waals surface area contributed by atoms with E-state index in [0.717, 1.165) is 23.4 Å². The Labute approximate surface area is 150 Å². The Balaban J connectivity index is 1.52. The Morgan fingerprint density at radius 3 is 2.81 bits per heavy atom. The maximum absolute atomic E-state index is 12.6. The number of carbonyl (C=O) groups excluding carboxylic acids is 1. The van der Waals surface area contributed by atoms with Crippen molar-refractivity contribution < 1.29 is 14.3 Å². The maximum atomic E-state index is 12.6. The van der Waals surface area contributed by atoms with Gasteiger partial charge < -0.3 is 14.8 Å². The van der Waals surface area contributed by atoms with E-state index in [1.807, 2.05) is 38.1 Å². The Morgan fingerprint density at radius 1 is 1.19 bits per heavy atom. The standard InChI is InChI=1S/C19H20N4O3/c1-3-23-16-6-4-14(10-15(16)21-22-23)19(24)20-12(2)13-5-7-17-18(11-13)26-9-8-25-17/h4-7,10-12H,3,8-9H2,1-2H3,(H,20,24). The van der Waals surface area contributed by atoms with Crippen LogP contribution in [0.15, 0.2) is 36.4 Å². The molecule has 0 bridgehead atoms. The van der Waals surface area contributed by atoms with Crippen molar-refractivity contribution in [2.45, 2.75) is 26.4 Å². The van der Waals surface area contributed by atoms with Crippen molar-refractivity contribution in [2.24, 2.45) is 0 Å². The van der Waals surface area contributed by atoms with Gasteiger partial charge in [0.2, 0.25) is 0 Å². The lowest BCUT2D eigenvalue weighted by molar-refractivity contribution is 0.0940. The van der Waals surface area contributed by atoms with E-state index in [4.69, 9.17) is 9.47 Å². The van der Waals surface area contributed by atoms with Crippen LogP contribution < -0.4 is 14.8 Å². The fourth-order valence-corrected chi connectivity index (χ4v) is 3.04. The molecule has 1 amide bonds. The highest BCUT2D eigenvalue weighted by Gasteiger charge is 2.17. The van der Waals surface area contributed by atoms with Gasteiger partial charge in [-0.2, -0.15) is 0 Å². The summed E-state index contributed by atoms with van der Waals surface area (Å²) in [6.45, 7) is 5.78. The SMILES string of the molecule is CCn1nnc2cc(C(=O)NC(C)c3ccc4c(c3)OCCO4)ccc21. The van der Waals surface area contributed by atoms with Crippen LogP contribution in [0.5, 0.6) is 11.5 Å². The number of hydrogen-bond acceptors (Lipinski definition) is 5. The van der Waals surface area contributed by atoms with E-state index in [9.17, 15) is 4.79 Å². The number of fused-ring (bicyclic) bond motifs is 2. The number of nitrogens with one attached hydrogen (secondary N) is 1. The van der Waals surface area contributed by atoms with E-state index in [-0.39, 0.29) is 11.9 Å². The normalized spacial score (nSPS) is 14.2. The molecule has 1 aromatic heterocycles. The van der Waals surface area contributed by atoms with E-state index in [0.29, 0.717) is 30.0 Å². The molecule has 2 aromatic carbocycles. The van der Waals surface area contributed by atoms with Gasteiger partial charge in [0, 0.05) is 12.1 Å². The number of hydrogen-bond donors (Lipinski definition) is 1. The minimum absolute atomic E-state index is 0.152. The van der Waals surface area contributed by atoms with Gasteiger partial charge in [-0.25, -0.2) is 4.68 Å². The summed E-state index contributed by atoms with van der Waals surface area (Å²) in [5, 5.41) is 11.2. The molecule has 7 nitrogen and oxygen atoms in total. The summed E-state index contributed by atoms with van der Waals surface area (Å²) >= 11 is 0. The Hall–Kier alpha value is -3.09. The van der Waals surface area contributed by atoms with E-state index in [2.05, 4.69) is 15.6 Å². The molecule has 3 aromatic rings. The average Bonchev–Trinajstić information content (AvgIpc) is 3.09. The van der Waals surface area contributed by atoms with Gasteiger partial charge in [-0.05, 0) is 49.7 Å². The highest BCUT2D eigenvalue weighted by atomic mass is 16.6. The average molecular weight is 352 g/mol. The summed E-state index contributed by atoms with van der Waals surface area (Å²) in [6, 6.07) is 11.0. The largest absolute Gasteiger partial charge is 0.486 e. The molecule has 0 saturated heterocycles. The lowest BCUT2D eigenvalue weighted by Crippen LogP contribution is -2.26. The van der Waals surface area contributed by atoms with Crippen molar-refractivity contribution in [3.63, 3.8) is 0 Å². The minimum Gasteiger partial charge on any atom is -0.486 e. The minimum atomic E-state index is -0.166. The van der Waals surface area contributed by atoms with Crippen LogP contribution in [0.4, 0.5) is 0 Å². The molecule has 1 unspecified atom stereocenters. The molecule has 1 aliphatic rings. The first-order chi connectivity index (χ1) is 12.7. The molecule has 1 aliphatic heterocycles. The van der Waals surface area contributed by atoms with Gasteiger partial charge in [0.25, 0.3) is 5.91 Å². The van der Waals surface area contributed by atoms with Crippen LogP contribution in [0.1, 0.15) is 35.8 Å². The second-order valence-corrected chi connectivity index (χ2v) is 6.21. The van der Waals surface area contributed by atoms with Crippen molar-refractivity contribution in [2.75, 3.05) is 13.2 Å². The number of nitrogens with zero attached hydrogens (tertiary/aromatic N) is 3. The molecule has 1 atom stereocenters. The molecule has 1 N–H and O–H groups in total. The molecule has 4 rings (SSSR count). The molecular weight excluding hydrogens is 332 g/mol. The summed E-state index contributed by atoms with van der Waals surface area (Å²) in [6.07, 6.45) is 0. The molecule has 134 valence electrons. The number of aryl methyl sites for hydroxylation is 1. The van der Waals surface area contributed by atoms with Gasteiger partial charge in [-0.15, -0.1) is 5.10 Å². The van der Waals surface area contributed by atoms with Crippen molar-refractivity contribution in [1.29, 1.82) is 0 Å². The lowest BCUT2D eigenvalue weighted by atomic mass is 10.1. The van der Waals surface area contributed by atoms with Crippen LogP contribution >= 0.6 is 0 Å². The quantitative estimate of drug-likeness (QED) is 0.781. The number of aromatic nitrogens is 3. The van der Waals surface area contributed by atoms with Crippen LogP contribution in [-0.4, -0.2) is 34.1 Å². The van der Waals surface area contributed by atoms with Gasteiger partial charge >= 0.3 is 0 Å². The molecule has 26 heavy (non-hydrogen) atoms. The van der Waals surface area contributed by atoms with Crippen molar-refractivity contribution in [1.82, 2.24) is 20.3 Å². The molecule has 0 fully saturated rings. The maximum Gasteiger partial charge on any atom is 0.251 e. The molecule has 0 spiro atoms. The van der Waals surface area contributed by atoms with Crippen molar-refractivity contribution in [3.8, 4) is 11.5 Å². The first-order valence-corrected chi connectivity index (χ1v) is 8.69. The van der Waals surface area contributed by atoms with Crippen LogP contribution in [0.3, 0.4) is 0 Å². The topological polar surface area (TPSA) is 78.3 Å². The molecule has 0 saturated carbocycles. The number of carbonyl (C=O) groups is 1. The second kappa shape index (κ2) is 6.67. The predicted molar refractivity (Wildman–Crippen MR) is 96.5 cm³/mol. The summed E-state index contributed by atoms with van der Waals surface area (Å²) in [5.74, 6) is 1.30. The molecule has 7 heteroatoms. The van der Waals surface area contributed by atoms with Crippen molar-refractivity contribution in [3.05, 3.63) is 47.5 Å². The van der Waals surface area contributed by atoms with Gasteiger partial charge in [-0.1, -0.05) is 11.3 Å². The van der Waals surface area contributed by atoms with Crippen molar-refractivity contribution >= 4 is 16.9 Å². The van der Waals surface area contributed by atoms with Gasteiger partial charge in [0.05, 0.1) is 11.6 Å². The number of benzene rings is 2. The third-order valence-corrected chi connectivity index (χ3v) is 4.49. The second-order valence-electron chi connectivity index (χ2n) is 6.21. The Morgan fingerprint density at radius 2 is 2.00 bits per heavy atom. The molecular formula is C19H20N4O3. The highest BCUT2D eigenvalue weighted by molar-refractivity contribution is 5.97. The fourth-order valence-electron chi connectivity index (χ4n) is 3.04. The van der Waals surface area contributed by atoms with Crippen LogP contribution in [0.2, 0.25) is 0 Å². The zero-order valence-corrected chi connectivity index (χ0v) is 14.7. The Bertz CT molecular complexity index is 967. The summed E-state index contributed by atoms with van der Waals surface area (Å²) in [7, 11) is 0. The van der Waals surface area contributed by atoms with E-state index in [1.165, 1.54) is 0 Å². The number of ether oxygens (including phenoxy) is 2. The first-order valence-electron chi connectivity index (χ1n) is 8.69. The zero-order chi connectivity index (χ0) is 18.1. The molecule has 2 heterocycles. The zero-order valence-electron chi connectivity index (χ0n) is 14.7. The van der Waals surface area contributed by atoms with E-state index in [1.54, 1.807) is 16.8 Å². The fraction of sp³-hybridized carbons (Fsp3) is 0.316. The number of rotatable bonds is 4. The molecule has 0 radical (unpaired) electrons. The third-order valence-electron chi connectivity index (χ3n) is 4.49. The van der Waals surface area contributed by atoms with E-state index >= 15 is 0 Å². The predicted octanol–water partition coefficient (Wildman–Crippen LogP) is 2.71. The molecule has 0 aliphatic carbocycles. The van der Waals surface area contributed by atoms with Gasteiger partial charge in [0.1, 0.15) is 18.7 Å². The van der Waals surface area contributed by atoms with Crippen LogP contribution in [0.25, 0.3) is 11.0 Å². The smallest absolute Gasteiger partial charge is 0.251 e. The number of amides is 1. The van der Waals surface area contributed by atoms with Crippen LogP contribution in [-0.2, 0) is 6.54 Å².